The number of aliphatic hydroxyl groups is 1. The summed E-state index contributed by atoms with van der Waals surface area (Å²) in [6.07, 6.45) is 0. The van der Waals surface area contributed by atoms with E-state index < -0.39 is 0 Å². The lowest BCUT2D eigenvalue weighted by molar-refractivity contribution is 0.246. The third kappa shape index (κ3) is 4.85. The molecule has 2 heteroatoms. The van der Waals surface area contributed by atoms with Gasteiger partial charge in [0.05, 0.1) is 6.61 Å². The molecule has 0 unspecified atom stereocenters. The average Bonchev–Trinajstić information content (AvgIpc) is 1.82. The van der Waals surface area contributed by atoms with Gasteiger partial charge in [0.25, 0.3) is 0 Å². The molecule has 0 aromatic carbocycles. The smallest absolute Gasteiger partial charge is 0.0511 e. The van der Waals surface area contributed by atoms with Gasteiger partial charge < -0.3 is 10.4 Å². The van der Waals surface area contributed by atoms with Gasteiger partial charge in [-0.1, -0.05) is 13.5 Å². The topological polar surface area (TPSA) is 32.3 Å². The summed E-state index contributed by atoms with van der Waals surface area (Å²) in [4.78, 5) is 0. The highest BCUT2D eigenvalue weighted by atomic mass is 16.3. The predicted molar refractivity (Wildman–Crippen MR) is 48.3 cm³/mol. The maximum Gasteiger partial charge on any atom is 0.0511 e. The van der Waals surface area contributed by atoms with E-state index in [-0.39, 0.29) is 18.1 Å². The maximum atomic E-state index is 8.80. The van der Waals surface area contributed by atoms with E-state index in [2.05, 4.69) is 32.7 Å². The molecular weight excluding hydrogens is 138 g/mol. The van der Waals surface area contributed by atoms with Crippen LogP contribution in [0, 0.1) is 5.92 Å². The van der Waals surface area contributed by atoms with Crippen LogP contribution in [0.2, 0.25) is 0 Å². The summed E-state index contributed by atoms with van der Waals surface area (Å²) in [5, 5.41) is 12.0. The van der Waals surface area contributed by atoms with Crippen molar-refractivity contribution in [2.75, 3.05) is 6.61 Å². The third-order valence-electron chi connectivity index (χ3n) is 1.40. The molecule has 0 bridgehead atoms. The van der Waals surface area contributed by atoms with Gasteiger partial charge in [-0.15, -0.1) is 0 Å². The summed E-state index contributed by atoms with van der Waals surface area (Å²) >= 11 is 0. The van der Waals surface area contributed by atoms with E-state index in [1.165, 1.54) is 0 Å². The van der Waals surface area contributed by atoms with Crippen LogP contribution in [0.15, 0.2) is 12.3 Å². The van der Waals surface area contributed by atoms with Crippen molar-refractivity contribution in [1.29, 1.82) is 0 Å². The van der Waals surface area contributed by atoms with Crippen LogP contribution >= 0.6 is 0 Å². The minimum Gasteiger partial charge on any atom is -0.396 e. The molecule has 0 aliphatic heterocycles. The Labute approximate surface area is 69.3 Å². The fraction of sp³-hybridized carbons (Fsp3) is 0.778. The van der Waals surface area contributed by atoms with Crippen molar-refractivity contribution in [2.24, 2.45) is 5.92 Å². The third-order valence-corrected chi connectivity index (χ3v) is 1.40. The van der Waals surface area contributed by atoms with Gasteiger partial charge in [-0.25, -0.2) is 0 Å². The largest absolute Gasteiger partial charge is 0.396 e. The number of nitrogens with one attached hydrogen (secondary N) is 1. The molecule has 0 saturated heterocycles. The molecule has 0 fully saturated rings. The summed E-state index contributed by atoms with van der Waals surface area (Å²) in [6.45, 7) is 12.2. The minimum atomic E-state index is 0.0422. The summed E-state index contributed by atoms with van der Waals surface area (Å²) in [7, 11) is 0. The zero-order chi connectivity index (χ0) is 9.07. The first kappa shape index (κ1) is 10.5. The second-order valence-electron chi connectivity index (χ2n) is 3.98. The standard InChI is InChI=1S/C9H19NO/c1-7(6-11)8(2)10-9(3,4)5/h7,10-11H,2,6H2,1,3-5H3/t7-/m0/s1. The van der Waals surface area contributed by atoms with Crippen LogP contribution in [0.25, 0.3) is 0 Å². The van der Waals surface area contributed by atoms with Crippen molar-refractivity contribution in [3.8, 4) is 0 Å². The molecule has 2 nitrogen and oxygen atoms in total. The van der Waals surface area contributed by atoms with Crippen molar-refractivity contribution in [2.45, 2.75) is 33.2 Å². The van der Waals surface area contributed by atoms with Crippen LogP contribution in [0.4, 0.5) is 0 Å². The first-order valence-corrected chi connectivity index (χ1v) is 3.94. The molecule has 0 rings (SSSR count). The van der Waals surface area contributed by atoms with E-state index >= 15 is 0 Å². The van der Waals surface area contributed by atoms with Gasteiger partial charge in [0.15, 0.2) is 0 Å². The Bertz CT molecular complexity index is 135. The molecule has 0 aliphatic rings. The number of aliphatic hydroxyl groups excluding tert-OH is 1. The Kier molecular flexibility index (Phi) is 3.59. The van der Waals surface area contributed by atoms with Crippen molar-refractivity contribution < 1.29 is 5.11 Å². The van der Waals surface area contributed by atoms with Gasteiger partial charge in [0.2, 0.25) is 0 Å². The Hall–Kier alpha value is -0.500. The van der Waals surface area contributed by atoms with Crippen LogP contribution in [-0.4, -0.2) is 17.3 Å². The van der Waals surface area contributed by atoms with E-state index in [1.54, 1.807) is 0 Å². The zero-order valence-electron chi connectivity index (χ0n) is 7.94. The quantitative estimate of drug-likeness (QED) is 0.651. The fourth-order valence-electron chi connectivity index (χ4n) is 0.715. The molecule has 0 aromatic rings. The van der Waals surface area contributed by atoms with Gasteiger partial charge in [-0.2, -0.15) is 0 Å². The highest BCUT2D eigenvalue weighted by molar-refractivity contribution is 5.00. The first-order valence-electron chi connectivity index (χ1n) is 3.94. The lowest BCUT2D eigenvalue weighted by atomic mass is 10.0. The molecule has 0 amide bonds. The van der Waals surface area contributed by atoms with E-state index in [0.717, 1.165) is 5.70 Å². The molecule has 0 heterocycles. The Morgan fingerprint density at radius 1 is 1.55 bits per heavy atom. The van der Waals surface area contributed by atoms with Crippen molar-refractivity contribution in [1.82, 2.24) is 5.32 Å². The van der Waals surface area contributed by atoms with Crippen LogP contribution in [-0.2, 0) is 0 Å². The van der Waals surface area contributed by atoms with Crippen LogP contribution in [0.3, 0.4) is 0 Å². The van der Waals surface area contributed by atoms with Gasteiger partial charge in [-0.05, 0) is 20.8 Å². The maximum absolute atomic E-state index is 8.80. The van der Waals surface area contributed by atoms with Gasteiger partial charge >= 0.3 is 0 Å². The van der Waals surface area contributed by atoms with Crippen LogP contribution < -0.4 is 5.32 Å². The molecule has 0 spiro atoms. The summed E-state index contributed by atoms with van der Waals surface area (Å²) in [5.41, 5.74) is 0.945. The van der Waals surface area contributed by atoms with Crippen LogP contribution in [0.1, 0.15) is 27.7 Å². The number of hydrogen-bond donors (Lipinski definition) is 2. The SMILES string of the molecule is C=C(NC(C)(C)C)[C@@H](C)CO. The monoisotopic (exact) mass is 157 g/mol. The first-order chi connectivity index (χ1) is 4.87. The Morgan fingerprint density at radius 2 is 2.00 bits per heavy atom. The highest BCUT2D eigenvalue weighted by Crippen LogP contribution is 2.09. The predicted octanol–water partition coefficient (Wildman–Crippen LogP) is 1.52. The van der Waals surface area contributed by atoms with Crippen molar-refractivity contribution in [3.63, 3.8) is 0 Å². The van der Waals surface area contributed by atoms with Crippen LogP contribution in [0.5, 0.6) is 0 Å². The zero-order valence-corrected chi connectivity index (χ0v) is 7.94. The van der Waals surface area contributed by atoms with Gasteiger partial charge in [0.1, 0.15) is 0 Å². The highest BCUT2D eigenvalue weighted by Gasteiger charge is 2.13. The molecular formula is C9H19NO. The van der Waals surface area contributed by atoms with Gasteiger partial charge in [-0.3, -0.25) is 0 Å². The molecule has 11 heavy (non-hydrogen) atoms. The van der Waals surface area contributed by atoms with Crippen molar-refractivity contribution in [3.05, 3.63) is 12.3 Å². The second-order valence-corrected chi connectivity index (χ2v) is 3.98. The molecule has 0 aliphatic carbocycles. The minimum absolute atomic E-state index is 0.0422. The van der Waals surface area contributed by atoms with Gasteiger partial charge in [0, 0.05) is 17.2 Å². The summed E-state index contributed by atoms with van der Waals surface area (Å²) in [5.74, 6) is 0.134. The normalized spacial score (nSPS) is 14.3. The van der Waals surface area contributed by atoms with E-state index in [1.807, 2.05) is 6.92 Å². The lowest BCUT2D eigenvalue weighted by Crippen LogP contribution is -2.37. The Balaban J connectivity index is 3.88. The van der Waals surface area contributed by atoms with E-state index in [9.17, 15) is 0 Å². The van der Waals surface area contributed by atoms with Crippen molar-refractivity contribution >= 4 is 0 Å². The molecule has 0 radical (unpaired) electrons. The fourth-order valence-corrected chi connectivity index (χ4v) is 0.715. The lowest BCUT2D eigenvalue weighted by Gasteiger charge is -2.26. The second kappa shape index (κ2) is 3.77. The van der Waals surface area contributed by atoms with E-state index in [0.29, 0.717) is 0 Å². The molecule has 66 valence electrons. The summed E-state index contributed by atoms with van der Waals surface area (Å²) in [6, 6.07) is 0. The van der Waals surface area contributed by atoms with E-state index in [4.69, 9.17) is 5.11 Å². The Morgan fingerprint density at radius 3 is 2.27 bits per heavy atom. The number of rotatable bonds is 3. The molecule has 2 N–H and O–H groups in total. The molecule has 1 atom stereocenters. The molecule has 0 aromatic heterocycles. The average molecular weight is 157 g/mol. The molecule has 0 saturated carbocycles. The number of hydrogen-bond acceptors (Lipinski definition) is 2. The summed E-state index contributed by atoms with van der Waals surface area (Å²) < 4.78 is 0.